The molecule has 0 aromatic carbocycles. The van der Waals surface area contributed by atoms with E-state index in [0.29, 0.717) is 18.4 Å². The number of hydrogen-bond donors (Lipinski definition) is 1. The van der Waals surface area contributed by atoms with Crippen LogP contribution in [0.3, 0.4) is 0 Å². The van der Waals surface area contributed by atoms with Crippen LogP contribution in [0.15, 0.2) is 0 Å². The van der Waals surface area contributed by atoms with Crippen molar-refractivity contribution in [3.63, 3.8) is 0 Å². The molecule has 0 aromatic heterocycles. The molecule has 19 heavy (non-hydrogen) atoms. The van der Waals surface area contributed by atoms with Crippen molar-refractivity contribution in [2.75, 3.05) is 19.7 Å². The topological polar surface area (TPSA) is 66.8 Å². The summed E-state index contributed by atoms with van der Waals surface area (Å²) in [6.07, 6.45) is 4.09. The molecule has 1 aliphatic carbocycles. The predicted molar refractivity (Wildman–Crippen MR) is 67.5 cm³/mol. The average molecular weight is 267 g/mol. The molecule has 0 spiro atoms. The summed E-state index contributed by atoms with van der Waals surface area (Å²) in [5, 5.41) is 9.14. The Balaban J connectivity index is 1.62. The lowest BCUT2D eigenvalue weighted by Crippen LogP contribution is -2.50. The van der Waals surface area contributed by atoms with Gasteiger partial charge < -0.3 is 14.7 Å². The Morgan fingerprint density at radius 3 is 2.32 bits per heavy atom. The van der Waals surface area contributed by atoms with Gasteiger partial charge in [-0.05, 0) is 43.9 Å². The van der Waals surface area contributed by atoms with Crippen molar-refractivity contribution in [1.29, 1.82) is 0 Å². The Labute approximate surface area is 112 Å². The second-order valence-electron chi connectivity index (χ2n) is 6.22. The molecular formula is C14H21NO4. The highest BCUT2D eigenvalue weighted by molar-refractivity contribution is 5.81. The van der Waals surface area contributed by atoms with Crippen molar-refractivity contribution < 1.29 is 19.4 Å². The normalized spacial score (nSPS) is 38.2. The second kappa shape index (κ2) is 5.12. The minimum Gasteiger partial charge on any atom is -0.481 e. The molecule has 3 unspecified atom stereocenters. The van der Waals surface area contributed by atoms with Crippen LogP contribution in [0.1, 0.15) is 32.1 Å². The lowest BCUT2D eigenvalue weighted by molar-refractivity contribution is -0.149. The number of rotatable bonds is 2. The van der Waals surface area contributed by atoms with E-state index in [4.69, 9.17) is 9.84 Å². The maximum atomic E-state index is 12.3. The fourth-order valence-corrected chi connectivity index (χ4v) is 3.92. The first-order valence-corrected chi connectivity index (χ1v) is 7.26. The van der Waals surface area contributed by atoms with Gasteiger partial charge in [-0.2, -0.15) is 0 Å². The Morgan fingerprint density at radius 1 is 1.11 bits per heavy atom. The van der Waals surface area contributed by atoms with Gasteiger partial charge in [-0.15, -0.1) is 0 Å². The van der Waals surface area contributed by atoms with E-state index >= 15 is 0 Å². The van der Waals surface area contributed by atoms with Crippen LogP contribution in [0.5, 0.6) is 0 Å². The Kier molecular flexibility index (Phi) is 3.48. The van der Waals surface area contributed by atoms with Crippen molar-refractivity contribution in [2.45, 2.75) is 38.2 Å². The highest BCUT2D eigenvalue weighted by atomic mass is 16.5. The van der Waals surface area contributed by atoms with Crippen LogP contribution < -0.4 is 0 Å². The Bertz CT molecular complexity index is 364. The zero-order chi connectivity index (χ0) is 13.4. The number of nitrogens with zero attached hydrogens (tertiary/aromatic N) is 1. The molecule has 1 N–H and O–H groups in total. The minimum absolute atomic E-state index is 0.126. The van der Waals surface area contributed by atoms with Gasteiger partial charge in [0.15, 0.2) is 0 Å². The summed E-state index contributed by atoms with van der Waals surface area (Å²) in [5.41, 5.74) is 0. The van der Waals surface area contributed by atoms with Crippen LogP contribution in [-0.2, 0) is 14.3 Å². The number of carboxylic acid groups (broad SMARTS) is 1. The molecule has 1 amide bonds. The molecule has 0 radical (unpaired) electrons. The summed E-state index contributed by atoms with van der Waals surface area (Å²) < 4.78 is 5.46. The lowest BCUT2D eigenvalue weighted by atomic mass is 9.72. The summed E-state index contributed by atoms with van der Waals surface area (Å²) in [4.78, 5) is 25.4. The number of fused-ring (bicyclic) bond motifs is 2. The van der Waals surface area contributed by atoms with Crippen molar-refractivity contribution >= 4 is 11.9 Å². The van der Waals surface area contributed by atoms with Gasteiger partial charge in [0.05, 0.1) is 5.92 Å². The number of piperidine rings is 1. The Morgan fingerprint density at radius 2 is 1.79 bits per heavy atom. The van der Waals surface area contributed by atoms with Gasteiger partial charge in [0, 0.05) is 19.7 Å². The summed E-state index contributed by atoms with van der Waals surface area (Å²) in [7, 11) is 0. The third kappa shape index (κ3) is 2.61. The first kappa shape index (κ1) is 12.9. The number of carbonyl (C=O) groups is 2. The largest absolute Gasteiger partial charge is 0.481 e. The smallest absolute Gasteiger partial charge is 0.306 e. The standard InChI is InChI=1S/C14H21NO4/c16-13(12-2-1-3-19-12)15-7-9-4-10(8-15)6-11(5-9)14(17)18/h9-12H,1-8H2,(H,17,18). The maximum Gasteiger partial charge on any atom is 0.306 e. The van der Waals surface area contributed by atoms with Gasteiger partial charge >= 0.3 is 5.97 Å². The van der Waals surface area contributed by atoms with E-state index in [2.05, 4.69) is 0 Å². The van der Waals surface area contributed by atoms with E-state index < -0.39 is 5.97 Å². The van der Waals surface area contributed by atoms with Gasteiger partial charge in [0.2, 0.25) is 0 Å². The first-order chi connectivity index (χ1) is 9.13. The van der Waals surface area contributed by atoms with Crippen LogP contribution in [0.2, 0.25) is 0 Å². The average Bonchev–Trinajstić information content (AvgIpc) is 2.90. The number of ether oxygens (including phenoxy) is 1. The summed E-state index contributed by atoms with van der Waals surface area (Å²) in [6.45, 7) is 2.14. The molecule has 5 heteroatoms. The summed E-state index contributed by atoms with van der Waals surface area (Å²) >= 11 is 0. The summed E-state index contributed by atoms with van der Waals surface area (Å²) in [5.74, 6) is -0.0313. The number of aliphatic carboxylic acids is 1. The third-order valence-corrected chi connectivity index (χ3v) is 4.73. The van der Waals surface area contributed by atoms with Crippen molar-refractivity contribution in [2.24, 2.45) is 17.8 Å². The van der Waals surface area contributed by atoms with Crippen molar-refractivity contribution in [3.8, 4) is 0 Å². The van der Waals surface area contributed by atoms with Crippen LogP contribution in [0, 0.1) is 17.8 Å². The van der Waals surface area contributed by atoms with E-state index in [1.54, 1.807) is 0 Å². The van der Waals surface area contributed by atoms with Gasteiger partial charge in [0.1, 0.15) is 6.10 Å². The molecule has 3 aliphatic rings. The molecule has 3 rings (SSSR count). The Hall–Kier alpha value is -1.10. The van der Waals surface area contributed by atoms with Gasteiger partial charge in [0.25, 0.3) is 5.91 Å². The predicted octanol–water partition coefficient (Wildman–Crippen LogP) is 1.12. The highest BCUT2D eigenvalue weighted by Crippen LogP contribution is 2.38. The van der Waals surface area contributed by atoms with E-state index in [1.165, 1.54) is 0 Å². The number of carboxylic acids is 1. The van der Waals surface area contributed by atoms with Crippen molar-refractivity contribution in [1.82, 2.24) is 4.90 Å². The lowest BCUT2D eigenvalue weighted by Gasteiger charge is -2.43. The zero-order valence-corrected chi connectivity index (χ0v) is 11.1. The molecule has 3 atom stereocenters. The first-order valence-electron chi connectivity index (χ1n) is 7.26. The number of likely N-dealkylation sites (tertiary alicyclic amines) is 1. The zero-order valence-electron chi connectivity index (χ0n) is 11.1. The quantitative estimate of drug-likeness (QED) is 0.814. The summed E-state index contributed by atoms with van der Waals surface area (Å²) in [6, 6.07) is 0. The molecule has 2 bridgehead atoms. The van der Waals surface area contributed by atoms with Gasteiger partial charge in [-0.1, -0.05) is 0 Å². The molecule has 2 aliphatic heterocycles. The molecule has 5 nitrogen and oxygen atoms in total. The van der Waals surface area contributed by atoms with Gasteiger partial charge in [-0.25, -0.2) is 0 Å². The fourth-order valence-electron chi connectivity index (χ4n) is 3.92. The highest BCUT2D eigenvalue weighted by Gasteiger charge is 2.40. The van der Waals surface area contributed by atoms with Crippen molar-refractivity contribution in [3.05, 3.63) is 0 Å². The number of hydrogen-bond acceptors (Lipinski definition) is 3. The molecule has 106 valence electrons. The second-order valence-corrected chi connectivity index (χ2v) is 6.22. The van der Waals surface area contributed by atoms with Crippen LogP contribution in [0.25, 0.3) is 0 Å². The molecular weight excluding hydrogens is 246 g/mol. The fraction of sp³-hybridized carbons (Fsp3) is 0.857. The number of amides is 1. The molecule has 2 heterocycles. The molecule has 1 saturated carbocycles. The maximum absolute atomic E-state index is 12.3. The number of carbonyl (C=O) groups excluding carboxylic acids is 1. The minimum atomic E-state index is -0.673. The monoisotopic (exact) mass is 267 g/mol. The van der Waals surface area contributed by atoms with Gasteiger partial charge in [-0.3, -0.25) is 9.59 Å². The molecule has 3 fully saturated rings. The van der Waals surface area contributed by atoms with Crippen LogP contribution in [0.4, 0.5) is 0 Å². The van der Waals surface area contributed by atoms with Crippen LogP contribution in [-0.4, -0.2) is 47.7 Å². The van der Waals surface area contributed by atoms with E-state index in [9.17, 15) is 9.59 Å². The molecule has 0 aromatic rings. The SMILES string of the molecule is O=C(O)C1CC2CC(C1)CN(C(=O)C1CCCO1)C2. The van der Waals surface area contributed by atoms with E-state index in [1.807, 2.05) is 4.90 Å². The van der Waals surface area contributed by atoms with Crippen LogP contribution >= 0.6 is 0 Å². The molecule has 2 saturated heterocycles. The van der Waals surface area contributed by atoms with E-state index in [0.717, 1.165) is 45.2 Å². The van der Waals surface area contributed by atoms with E-state index in [-0.39, 0.29) is 17.9 Å². The third-order valence-electron chi connectivity index (χ3n) is 4.73.